The molecule has 0 unspecified atom stereocenters. The van der Waals surface area contributed by atoms with Gasteiger partial charge in [0.2, 0.25) is 5.91 Å². The topological polar surface area (TPSA) is 67.7 Å². The predicted octanol–water partition coefficient (Wildman–Crippen LogP) is 1.15. The number of aromatic nitrogens is 2. The van der Waals surface area contributed by atoms with Crippen molar-refractivity contribution in [3.63, 3.8) is 0 Å². The molecule has 7 nitrogen and oxygen atoms in total. The van der Waals surface area contributed by atoms with Crippen molar-refractivity contribution in [1.29, 1.82) is 0 Å². The Morgan fingerprint density at radius 1 is 1.08 bits per heavy atom. The van der Waals surface area contributed by atoms with E-state index in [1.165, 1.54) is 0 Å². The van der Waals surface area contributed by atoms with E-state index >= 15 is 0 Å². The Bertz CT molecular complexity index is 723. The summed E-state index contributed by atoms with van der Waals surface area (Å²) < 4.78 is 7.10. The molecule has 3 heterocycles. The summed E-state index contributed by atoms with van der Waals surface area (Å²) in [6.07, 6.45) is 5.66. The highest BCUT2D eigenvalue weighted by molar-refractivity contribution is 5.99. The number of carbonyl (C=O) groups excluding carboxylic acids is 2. The fourth-order valence-electron chi connectivity index (χ4n) is 4.69. The van der Waals surface area contributed by atoms with Gasteiger partial charge in [0.1, 0.15) is 11.2 Å². The number of hydrogen-bond acceptors (Lipinski definition) is 4. The molecule has 3 aliphatic rings. The number of ether oxygens (including phenoxy) is 1. The van der Waals surface area contributed by atoms with Crippen LogP contribution in [0, 0.1) is 0 Å². The number of rotatable bonds is 2. The van der Waals surface area contributed by atoms with Crippen LogP contribution in [0.2, 0.25) is 0 Å². The first-order valence-corrected chi connectivity index (χ1v) is 9.76. The lowest BCUT2D eigenvalue weighted by Crippen LogP contribution is -2.58. The third-order valence-corrected chi connectivity index (χ3v) is 6.17. The first-order chi connectivity index (χ1) is 12.5. The minimum atomic E-state index is -0.764. The maximum Gasteiger partial charge on any atom is 0.273 e. The Labute approximate surface area is 154 Å². The summed E-state index contributed by atoms with van der Waals surface area (Å²) in [4.78, 5) is 30.4. The van der Waals surface area contributed by atoms with Gasteiger partial charge in [0.05, 0.1) is 18.9 Å². The number of carbonyl (C=O) groups is 2. The van der Waals surface area contributed by atoms with Gasteiger partial charge in [0.25, 0.3) is 5.91 Å². The Morgan fingerprint density at radius 2 is 1.81 bits per heavy atom. The van der Waals surface area contributed by atoms with E-state index in [-0.39, 0.29) is 11.8 Å². The maximum atomic E-state index is 13.5. The number of amides is 2. The van der Waals surface area contributed by atoms with E-state index in [4.69, 9.17) is 4.74 Å². The van der Waals surface area contributed by atoms with Crippen molar-refractivity contribution in [1.82, 2.24) is 19.6 Å². The number of hydrogen-bond donors (Lipinski definition) is 0. The highest BCUT2D eigenvalue weighted by Gasteiger charge is 2.48. The van der Waals surface area contributed by atoms with Crippen LogP contribution in [0.3, 0.4) is 0 Å². The van der Waals surface area contributed by atoms with E-state index in [9.17, 15) is 9.59 Å². The van der Waals surface area contributed by atoms with Gasteiger partial charge in [-0.25, -0.2) is 0 Å². The molecule has 0 saturated carbocycles. The summed E-state index contributed by atoms with van der Waals surface area (Å²) in [6, 6.07) is 0. The third-order valence-electron chi connectivity index (χ3n) is 6.17. The van der Waals surface area contributed by atoms with E-state index in [1.54, 1.807) is 9.58 Å². The lowest BCUT2D eigenvalue weighted by molar-refractivity contribution is -0.144. The molecule has 1 aliphatic carbocycles. The average molecular weight is 360 g/mol. The van der Waals surface area contributed by atoms with Crippen LogP contribution in [0.5, 0.6) is 0 Å². The number of fused-ring (bicyclic) bond motifs is 1. The third kappa shape index (κ3) is 2.73. The smallest absolute Gasteiger partial charge is 0.273 e. The lowest BCUT2D eigenvalue weighted by Gasteiger charge is -2.39. The van der Waals surface area contributed by atoms with Crippen LogP contribution in [0.1, 0.15) is 54.4 Å². The monoisotopic (exact) mass is 360 g/mol. The van der Waals surface area contributed by atoms with E-state index in [0.29, 0.717) is 38.5 Å². The molecular formula is C19H28N4O3. The lowest BCUT2D eigenvalue weighted by atomic mass is 9.93. The summed E-state index contributed by atoms with van der Waals surface area (Å²) >= 11 is 0. The van der Waals surface area contributed by atoms with Gasteiger partial charge >= 0.3 is 0 Å². The zero-order valence-electron chi connectivity index (χ0n) is 15.8. The maximum absolute atomic E-state index is 13.5. The van der Waals surface area contributed by atoms with Gasteiger partial charge in [-0.1, -0.05) is 0 Å². The standard InChI is InChI=1S/C19H28N4O3/c1-19(18(25)22-10-12-26-13-11-22)8-5-9-23(19)17(24)16-14-6-3-4-7-15(14)20-21(16)2/h3-13H2,1-2H3/t19-/m0/s1. The molecule has 1 aromatic heterocycles. The molecule has 0 spiro atoms. The molecule has 0 N–H and O–H groups in total. The first kappa shape index (κ1) is 17.5. The van der Waals surface area contributed by atoms with Crippen molar-refractivity contribution in [3.05, 3.63) is 17.0 Å². The van der Waals surface area contributed by atoms with E-state index in [1.807, 2.05) is 18.9 Å². The Balaban J connectivity index is 1.63. The average Bonchev–Trinajstić information content (AvgIpc) is 3.21. The minimum Gasteiger partial charge on any atom is -0.378 e. The predicted molar refractivity (Wildman–Crippen MR) is 95.9 cm³/mol. The second-order valence-electron chi connectivity index (χ2n) is 7.84. The minimum absolute atomic E-state index is 0.0373. The zero-order chi connectivity index (χ0) is 18.3. The van der Waals surface area contributed by atoms with Gasteiger partial charge in [-0.15, -0.1) is 0 Å². The molecule has 2 amide bonds. The van der Waals surface area contributed by atoms with Crippen LogP contribution in [-0.2, 0) is 29.4 Å². The van der Waals surface area contributed by atoms with Crippen molar-refractivity contribution in [2.45, 2.75) is 51.0 Å². The summed E-state index contributed by atoms with van der Waals surface area (Å²) in [5.41, 5.74) is 2.07. The van der Waals surface area contributed by atoms with E-state index < -0.39 is 5.54 Å². The first-order valence-electron chi connectivity index (χ1n) is 9.76. The van der Waals surface area contributed by atoms with Crippen molar-refractivity contribution in [2.75, 3.05) is 32.8 Å². The molecule has 1 atom stereocenters. The molecular weight excluding hydrogens is 332 g/mol. The molecule has 1 aromatic rings. The van der Waals surface area contributed by atoms with Crippen LogP contribution in [0.15, 0.2) is 0 Å². The summed E-state index contributed by atoms with van der Waals surface area (Å²) in [7, 11) is 1.85. The molecule has 0 radical (unpaired) electrons. The number of likely N-dealkylation sites (tertiary alicyclic amines) is 1. The molecule has 0 bridgehead atoms. The molecule has 2 saturated heterocycles. The highest BCUT2D eigenvalue weighted by Crippen LogP contribution is 2.34. The number of morpholine rings is 1. The van der Waals surface area contributed by atoms with Crippen molar-refractivity contribution in [3.8, 4) is 0 Å². The normalized spacial score (nSPS) is 26.1. The molecule has 142 valence electrons. The largest absolute Gasteiger partial charge is 0.378 e. The van der Waals surface area contributed by atoms with Crippen LogP contribution in [-0.4, -0.2) is 69.8 Å². The molecule has 4 rings (SSSR count). The summed E-state index contributed by atoms with van der Waals surface area (Å²) in [6.45, 7) is 4.93. The van der Waals surface area contributed by atoms with E-state index in [2.05, 4.69) is 5.10 Å². The fraction of sp³-hybridized carbons (Fsp3) is 0.737. The van der Waals surface area contributed by atoms with Gasteiger partial charge in [-0.3, -0.25) is 14.3 Å². The van der Waals surface area contributed by atoms with Crippen LogP contribution < -0.4 is 0 Å². The fourth-order valence-corrected chi connectivity index (χ4v) is 4.69. The molecule has 26 heavy (non-hydrogen) atoms. The number of nitrogens with zero attached hydrogens (tertiary/aromatic N) is 4. The van der Waals surface area contributed by atoms with Gasteiger partial charge in [-0.05, 0) is 45.4 Å². The molecule has 7 heteroatoms. The summed E-state index contributed by atoms with van der Waals surface area (Å²) in [5, 5.41) is 4.58. The number of aryl methyl sites for hydroxylation is 2. The molecule has 2 fully saturated rings. The second-order valence-corrected chi connectivity index (χ2v) is 7.84. The van der Waals surface area contributed by atoms with Crippen molar-refractivity contribution in [2.24, 2.45) is 7.05 Å². The second kappa shape index (κ2) is 6.68. The van der Waals surface area contributed by atoms with Crippen molar-refractivity contribution >= 4 is 11.8 Å². The molecule has 0 aromatic carbocycles. The summed E-state index contributed by atoms with van der Waals surface area (Å²) in [5.74, 6) is 0.0208. The zero-order valence-corrected chi connectivity index (χ0v) is 15.8. The SMILES string of the molecule is Cn1nc2c(c1C(=O)N1CCC[C@@]1(C)C(=O)N1CCOCC1)CCCC2. The van der Waals surface area contributed by atoms with Gasteiger partial charge in [0.15, 0.2) is 0 Å². The van der Waals surface area contributed by atoms with Gasteiger partial charge in [-0.2, -0.15) is 5.10 Å². The Kier molecular flexibility index (Phi) is 4.50. The van der Waals surface area contributed by atoms with Gasteiger partial charge in [0, 0.05) is 32.2 Å². The van der Waals surface area contributed by atoms with Crippen molar-refractivity contribution < 1.29 is 14.3 Å². The van der Waals surface area contributed by atoms with Crippen LogP contribution in [0.4, 0.5) is 0 Å². The highest BCUT2D eigenvalue weighted by atomic mass is 16.5. The molecule has 2 aliphatic heterocycles. The Morgan fingerprint density at radius 3 is 2.58 bits per heavy atom. The van der Waals surface area contributed by atoms with Crippen LogP contribution in [0.25, 0.3) is 0 Å². The van der Waals surface area contributed by atoms with Gasteiger partial charge < -0.3 is 14.5 Å². The quantitative estimate of drug-likeness (QED) is 0.794. The van der Waals surface area contributed by atoms with Crippen LogP contribution >= 0.6 is 0 Å². The Hall–Kier alpha value is -1.89. The van der Waals surface area contributed by atoms with E-state index in [0.717, 1.165) is 49.8 Å².